The van der Waals surface area contributed by atoms with Crippen molar-refractivity contribution in [2.24, 2.45) is 4.99 Å². The Balaban J connectivity index is 0.00000312. The van der Waals surface area contributed by atoms with Crippen LogP contribution < -0.4 is 10.6 Å². The lowest BCUT2D eigenvalue weighted by atomic mass is 10.1. The molecule has 0 aliphatic carbocycles. The van der Waals surface area contributed by atoms with Gasteiger partial charge in [-0.05, 0) is 38.3 Å². The van der Waals surface area contributed by atoms with Gasteiger partial charge in [0.05, 0.1) is 10.9 Å². The number of hydrogen-bond acceptors (Lipinski definition) is 4. The van der Waals surface area contributed by atoms with Crippen LogP contribution in [0.2, 0.25) is 4.34 Å². The summed E-state index contributed by atoms with van der Waals surface area (Å²) >= 11 is 7.54. The second-order valence-corrected chi connectivity index (χ2v) is 7.36. The van der Waals surface area contributed by atoms with Gasteiger partial charge in [-0.1, -0.05) is 11.6 Å². The minimum Gasteiger partial charge on any atom is -0.450 e. The van der Waals surface area contributed by atoms with Crippen molar-refractivity contribution >= 4 is 59.0 Å². The summed E-state index contributed by atoms with van der Waals surface area (Å²) in [6.07, 6.45) is 2.48. The first-order valence-electron chi connectivity index (χ1n) is 8.25. The van der Waals surface area contributed by atoms with E-state index in [9.17, 15) is 4.79 Å². The highest BCUT2D eigenvalue weighted by Gasteiger charge is 2.23. The van der Waals surface area contributed by atoms with Crippen LogP contribution in [-0.4, -0.2) is 56.3 Å². The van der Waals surface area contributed by atoms with E-state index in [1.165, 1.54) is 4.88 Å². The van der Waals surface area contributed by atoms with E-state index < -0.39 is 0 Å². The van der Waals surface area contributed by atoms with Gasteiger partial charge >= 0.3 is 6.09 Å². The number of rotatable bonds is 5. The highest BCUT2D eigenvalue weighted by molar-refractivity contribution is 14.0. The van der Waals surface area contributed by atoms with Crippen LogP contribution in [0.4, 0.5) is 4.79 Å². The molecule has 2 rings (SSSR count). The van der Waals surface area contributed by atoms with Crippen molar-refractivity contribution in [3.8, 4) is 0 Å². The lowest BCUT2D eigenvalue weighted by molar-refractivity contribution is 0.0963. The molecule has 0 spiro atoms. The van der Waals surface area contributed by atoms with E-state index in [4.69, 9.17) is 16.3 Å². The summed E-state index contributed by atoms with van der Waals surface area (Å²) in [5.41, 5.74) is 0. The summed E-state index contributed by atoms with van der Waals surface area (Å²) in [4.78, 5) is 19.0. The van der Waals surface area contributed by atoms with Gasteiger partial charge in [-0.3, -0.25) is 4.99 Å². The van der Waals surface area contributed by atoms with Crippen LogP contribution in [-0.2, 0) is 11.2 Å². The summed E-state index contributed by atoms with van der Waals surface area (Å²) in [6, 6.07) is 4.29. The molecule has 1 aromatic heterocycles. The SMILES string of the molecule is CCOC(=O)N1CCC(NC(=NC)NCCc2ccc(Cl)s2)CC1.I. The number of amides is 1. The van der Waals surface area contributed by atoms with Crippen molar-refractivity contribution in [3.05, 3.63) is 21.3 Å². The van der Waals surface area contributed by atoms with Gasteiger partial charge in [-0.25, -0.2) is 4.79 Å². The maximum Gasteiger partial charge on any atom is 0.409 e. The van der Waals surface area contributed by atoms with E-state index in [-0.39, 0.29) is 30.1 Å². The van der Waals surface area contributed by atoms with Crippen molar-refractivity contribution in [1.29, 1.82) is 0 Å². The molecular formula is C16H26ClIN4O2S. The number of guanidine groups is 1. The first-order chi connectivity index (χ1) is 11.6. The number of nitrogens with zero attached hydrogens (tertiary/aromatic N) is 2. The molecule has 25 heavy (non-hydrogen) atoms. The van der Waals surface area contributed by atoms with Crippen LogP contribution >= 0.6 is 46.9 Å². The van der Waals surface area contributed by atoms with E-state index in [0.29, 0.717) is 25.7 Å². The molecule has 0 radical (unpaired) electrons. The van der Waals surface area contributed by atoms with Crippen LogP contribution in [0.15, 0.2) is 17.1 Å². The van der Waals surface area contributed by atoms with Crippen molar-refractivity contribution in [3.63, 3.8) is 0 Å². The van der Waals surface area contributed by atoms with Crippen LogP contribution in [0, 0.1) is 0 Å². The molecule has 0 bridgehead atoms. The van der Waals surface area contributed by atoms with Gasteiger partial charge in [-0.15, -0.1) is 35.3 Å². The number of likely N-dealkylation sites (tertiary alicyclic amines) is 1. The van der Waals surface area contributed by atoms with Gasteiger partial charge in [0.2, 0.25) is 0 Å². The fourth-order valence-corrected chi connectivity index (χ4v) is 3.69. The van der Waals surface area contributed by atoms with Gasteiger partial charge in [-0.2, -0.15) is 0 Å². The van der Waals surface area contributed by atoms with E-state index in [1.54, 1.807) is 23.3 Å². The zero-order chi connectivity index (χ0) is 17.4. The second kappa shape index (κ2) is 11.8. The van der Waals surface area contributed by atoms with Crippen LogP contribution in [0.3, 0.4) is 0 Å². The molecule has 0 atom stereocenters. The lowest BCUT2D eigenvalue weighted by Crippen LogP contribution is -2.50. The molecule has 0 aromatic carbocycles. The predicted octanol–water partition coefficient (Wildman–Crippen LogP) is 3.35. The quantitative estimate of drug-likeness (QED) is 0.370. The predicted molar refractivity (Wildman–Crippen MR) is 115 cm³/mol. The Morgan fingerprint density at radius 1 is 1.44 bits per heavy atom. The number of ether oxygens (including phenoxy) is 1. The Morgan fingerprint density at radius 2 is 2.16 bits per heavy atom. The largest absolute Gasteiger partial charge is 0.450 e. The van der Waals surface area contributed by atoms with E-state index in [1.807, 2.05) is 13.0 Å². The first-order valence-corrected chi connectivity index (χ1v) is 9.45. The minimum atomic E-state index is -0.215. The highest BCUT2D eigenvalue weighted by atomic mass is 127. The van der Waals surface area contributed by atoms with E-state index in [0.717, 1.165) is 36.1 Å². The molecular weight excluding hydrogens is 475 g/mol. The molecule has 1 aromatic rings. The number of hydrogen-bond donors (Lipinski definition) is 2. The second-order valence-electron chi connectivity index (χ2n) is 5.56. The molecule has 142 valence electrons. The zero-order valence-corrected chi connectivity index (χ0v) is 18.5. The molecule has 6 nitrogen and oxygen atoms in total. The number of halogens is 2. The van der Waals surface area contributed by atoms with Crippen molar-refractivity contribution < 1.29 is 9.53 Å². The van der Waals surface area contributed by atoms with Crippen LogP contribution in [0.5, 0.6) is 0 Å². The molecule has 1 aliphatic rings. The van der Waals surface area contributed by atoms with Crippen LogP contribution in [0.1, 0.15) is 24.6 Å². The monoisotopic (exact) mass is 500 g/mol. The molecule has 2 heterocycles. The van der Waals surface area contributed by atoms with Gasteiger partial charge < -0.3 is 20.3 Å². The molecule has 0 saturated carbocycles. The number of nitrogens with one attached hydrogen (secondary N) is 2. The molecule has 0 unspecified atom stereocenters. The summed E-state index contributed by atoms with van der Waals surface area (Å²) in [6.45, 7) is 4.47. The van der Waals surface area contributed by atoms with Gasteiger partial charge in [0, 0.05) is 37.6 Å². The smallest absolute Gasteiger partial charge is 0.409 e. The zero-order valence-electron chi connectivity index (χ0n) is 14.6. The summed E-state index contributed by atoms with van der Waals surface area (Å²) < 4.78 is 5.86. The minimum absolute atomic E-state index is 0. The van der Waals surface area contributed by atoms with Gasteiger partial charge in [0.15, 0.2) is 5.96 Å². The molecule has 1 saturated heterocycles. The van der Waals surface area contributed by atoms with E-state index >= 15 is 0 Å². The average Bonchev–Trinajstić information content (AvgIpc) is 3.00. The Kier molecular flexibility index (Phi) is 10.5. The lowest BCUT2D eigenvalue weighted by Gasteiger charge is -2.32. The van der Waals surface area contributed by atoms with Crippen molar-refractivity contribution in [1.82, 2.24) is 15.5 Å². The summed E-state index contributed by atoms with van der Waals surface area (Å²) in [5, 5.41) is 6.75. The number of carbonyl (C=O) groups excluding carboxylic acids is 1. The maximum absolute atomic E-state index is 11.7. The maximum atomic E-state index is 11.7. The normalized spacial score (nSPS) is 15.5. The third-order valence-electron chi connectivity index (χ3n) is 3.88. The molecule has 2 N–H and O–H groups in total. The molecule has 1 amide bonds. The Labute approximate surface area is 175 Å². The average molecular weight is 501 g/mol. The van der Waals surface area contributed by atoms with Gasteiger partial charge in [0.1, 0.15) is 0 Å². The third-order valence-corrected chi connectivity index (χ3v) is 5.17. The topological polar surface area (TPSA) is 66.0 Å². The molecule has 9 heteroatoms. The van der Waals surface area contributed by atoms with Crippen LogP contribution in [0.25, 0.3) is 0 Å². The molecule has 1 aliphatic heterocycles. The number of aliphatic imine (C=N–C) groups is 1. The fraction of sp³-hybridized carbons (Fsp3) is 0.625. The van der Waals surface area contributed by atoms with Gasteiger partial charge in [0.25, 0.3) is 0 Å². The number of carbonyl (C=O) groups is 1. The number of thiophene rings is 1. The standard InChI is InChI=1S/C16H25ClN4O2S.HI/c1-3-23-16(22)21-10-7-12(8-11-21)20-15(18-2)19-9-6-13-4-5-14(17)24-13;/h4-5,12H,3,6-11H2,1-2H3,(H2,18,19,20);1H. The van der Waals surface area contributed by atoms with Crippen molar-refractivity contribution in [2.75, 3.05) is 33.3 Å². The summed E-state index contributed by atoms with van der Waals surface area (Å²) in [5.74, 6) is 0.798. The van der Waals surface area contributed by atoms with E-state index in [2.05, 4.69) is 21.7 Å². The fourth-order valence-electron chi connectivity index (χ4n) is 2.60. The highest BCUT2D eigenvalue weighted by Crippen LogP contribution is 2.21. The Morgan fingerprint density at radius 3 is 2.72 bits per heavy atom. The Bertz CT molecular complexity index is 562. The molecule has 1 fully saturated rings. The third kappa shape index (κ3) is 7.57. The summed E-state index contributed by atoms with van der Waals surface area (Å²) in [7, 11) is 1.77. The first kappa shape index (κ1) is 22.3. The Hall–Kier alpha value is -0.740. The number of piperidine rings is 1. The van der Waals surface area contributed by atoms with Crippen molar-refractivity contribution in [2.45, 2.75) is 32.2 Å².